The summed E-state index contributed by atoms with van der Waals surface area (Å²) in [5, 5.41) is 19.2. The van der Waals surface area contributed by atoms with E-state index in [9.17, 15) is 0 Å². The van der Waals surface area contributed by atoms with E-state index >= 15 is 0 Å². The van der Waals surface area contributed by atoms with Gasteiger partial charge < -0.3 is 20.9 Å². The molecule has 0 saturated heterocycles. The monoisotopic (exact) mass is 896 g/mol. The van der Waals surface area contributed by atoms with E-state index in [0.717, 1.165) is 67.9 Å². The second-order valence-electron chi connectivity index (χ2n) is 17.5. The molecule has 0 atom stereocenters. The summed E-state index contributed by atoms with van der Waals surface area (Å²) in [6.45, 7) is 0. The van der Waals surface area contributed by atoms with E-state index in [1.807, 2.05) is 0 Å². The summed E-state index contributed by atoms with van der Waals surface area (Å²) in [6.07, 6.45) is 0. The molecule has 0 fully saturated rings. The van der Waals surface area contributed by atoms with Crippen molar-refractivity contribution in [1.29, 1.82) is 0 Å². The molecule has 0 radical (unpaired) electrons. The zero-order chi connectivity index (χ0) is 46.6. The number of para-hydroxylation sites is 9. The second-order valence-corrected chi connectivity index (χ2v) is 17.5. The Morgan fingerprint density at radius 1 is 0.186 bits per heavy atom. The molecule has 0 spiro atoms. The van der Waals surface area contributed by atoms with Gasteiger partial charge in [0, 0.05) is 33.8 Å². The summed E-state index contributed by atoms with van der Waals surface area (Å²) in [6, 6.07) is 97.2. The van der Waals surface area contributed by atoms with E-state index in [1.54, 1.807) is 0 Å². The molecular weight excluding hydrogens is 849 g/mol. The van der Waals surface area contributed by atoms with Gasteiger partial charge in [0.05, 0.1) is 34.1 Å². The third-order valence-corrected chi connectivity index (χ3v) is 13.3. The number of nitrogens with zero attached hydrogens (tertiary/aromatic N) is 1. The molecule has 4 heteroatoms. The van der Waals surface area contributed by atoms with Crippen molar-refractivity contribution < 1.29 is 0 Å². The quantitative estimate of drug-likeness (QED) is 0.114. The maximum Gasteiger partial charge on any atom is 0.0698 e. The summed E-state index contributed by atoms with van der Waals surface area (Å²) >= 11 is 0. The van der Waals surface area contributed by atoms with Crippen LogP contribution < -0.4 is 20.9 Å². The van der Waals surface area contributed by atoms with Crippen molar-refractivity contribution >= 4 is 83.5 Å². The SMILES string of the molecule is c1ccc(-c2cccc3ccccc23)c(Nc2ccccc2N(c2ccccc2Nc2ccccc2-c2cccc3ccccc23)c2ccccc2Nc2ccccc2-c2cccc3ccccc23)c1. The fourth-order valence-electron chi connectivity index (χ4n) is 10.0. The number of rotatable bonds is 12. The van der Waals surface area contributed by atoms with Gasteiger partial charge in [-0.1, -0.05) is 218 Å². The maximum atomic E-state index is 3.98. The minimum Gasteiger partial charge on any atom is -0.353 e. The third-order valence-electron chi connectivity index (χ3n) is 13.3. The normalized spacial score (nSPS) is 11.1. The third kappa shape index (κ3) is 8.04. The van der Waals surface area contributed by atoms with Crippen molar-refractivity contribution in [2.75, 3.05) is 20.9 Å². The largest absolute Gasteiger partial charge is 0.353 e. The van der Waals surface area contributed by atoms with Crippen LogP contribution in [0.4, 0.5) is 51.2 Å². The number of benzene rings is 12. The Labute approximate surface area is 408 Å². The topological polar surface area (TPSA) is 39.3 Å². The van der Waals surface area contributed by atoms with Crippen molar-refractivity contribution in [1.82, 2.24) is 0 Å². The molecule has 0 heterocycles. The van der Waals surface area contributed by atoms with Crippen molar-refractivity contribution in [2.24, 2.45) is 0 Å². The Kier molecular flexibility index (Phi) is 11.2. The highest BCUT2D eigenvalue weighted by Crippen LogP contribution is 2.49. The summed E-state index contributed by atoms with van der Waals surface area (Å²) in [4.78, 5) is 2.38. The molecule has 12 aromatic carbocycles. The molecule has 0 bridgehead atoms. The van der Waals surface area contributed by atoms with E-state index in [-0.39, 0.29) is 0 Å². The lowest BCUT2D eigenvalue weighted by Crippen LogP contribution is -2.15. The molecule has 0 saturated carbocycles. The standard InChI is InChI=1S/C66H48N4/c1-4-28-49-46(22-1)25-19-34-52(49)55-31-7-10-37-58(55)67-61-40-13-16-43-64(61)70(65-44-17-14-41-62(65)68-59-38-11-8-32-56(59)53-35-20-26-47-23-2-5-29-50(47)53)66-45-18-15-42-63(66)69-60-39-12-9-33-57(60)54-36-21-27-48-24-3-6-30-51(48)54/h1-45,67-69H. The van der Waals surface area contributed by atoms with Crippen LogP contribution in [0.1, 0.15) is 0 Å². The minimum absolute atomic E-state index is 0.951. The van der Waals surface area contributed by atoms with Gasteiger partial charge in [-0.25, -0.2) is 0 Å². The summed E-state index contributed by atoms with van der Waals surface area (Å²) < 4.78 is 0. The summed E-state index contributed by atoms with van der Waals surface area (Å²) in [7, 11) is 0. The number of hydrogen-bond acceptors (Lipinski definition) is 4. The van der Waals surface area contributed by atoms with Crippen LogP contribution in [0.5, 0.6) is 0 Å². The number of fused-ring (bicyclic) bond motifs is 3. The van der Waals surface area contributed by atoms with E-state index in [0.29, 0.717) is 0 Å². The molecule has 70 heavy (non-hydrogen) atoms. The molecule has 0 amide bonds. The van der Waals surface area contributed by atoms with Crippen LogP contribution >= 0.6 is 0 Å². The molecule has 12 aromatic rings. The first-order valence-corrected chi connectivity index (χ1v) is 23.8. The lowest BCUT2D eigenvalue weighted by Gasteiger charge is -2.32. The molecule has 4 nitrogen and oxygen atoms in total. The molecule has 0 aliphatic heterocycles. The average Bonchev–Trinajstić information content (AvgIpc) is 3.42. The van der Waals surface area contributed by atoms with Crippen molar-refractivity contribution in [3.8, 4) is 33.4 Å². The Morgan fingerprint density at radius 2 is 0.414 bits per heavy atom. The summed E-state index contributed by atoms with van der Waals surface area (Å²) in [5.74, 6) is 0. The fraction of sp³-hybridized carbons (Fsp3) is 0. The molecule has 0 unspecified atom stereocenters. The predicted molar refractivity (Wildman–Crippen MR) is 299 cm³/mol. The molecule has 0 aliphatic carbocycles. The van der Waals surface area contributed by atoms with E-state index < -0.39 is 0 Å². The molecule has 332 valence electrons. The van der Waals surface area contributed by atoms with Gasteiger partial charge in [0.1, 0.15) is 0 Å². The van der Waals surface area contributed by atoms with Crippen LogP contribution in [0.15, 0.2) is 273 Å². The smallest absolute Gasteiger partial charge is 0.0698 e. The first-order chi connectivity index (χ1) is 34.7. The van der Waals surface area contributed by atoms with Crippen LogP contribution in [-0.2, 0) is 0 Å². The van der Waals surface area contributed by atoms with Crippen LogP contribution in [0.2, 0.25) is 0 Å². The maximum absolute atomic E-state index is 3.98. The van der Waals surface area contributed by atoms with Gasteiger partial charge >= 0.3 is 0 Å². The Morgan fingerprint density at radius 3 is 0.743 bits per heavy atom. The van der Waals surface area contributed by atoms with Crippen molar-refractivity contribution in [2.45, 2.75) is 0 Å². The van der Waals surface area contributed by atoms with Crippen LogP contribution in [-0.4, -0.2) is 0 Å². The predicted octanol–water partition coefficient (Wildman–Crippen LogP) is 18.8. The van der Waals surface area contributed by atoms with Crippen LogP contribution in [0.25, 0.3) is 65.7 Å². The van der Waals surface area contributed by atoms with Crippen molar-refractivity contribution in [3.63, 3.8) is 0 Å². The van der Waals surface area contributed by atoms with Gasteiger partial charge in [0.15, 0.2) is 0 Å². The van der Waals surface area contributed by atoms with Gasteiger partial charge in [-0.05, 0) is 104 Å². The molecule has 3 N–H and O–H groups in total. The van der Waals surface area contributed by atoms with Crippen LogP contribution in [0.3, 0.4) is 0 Å². The Bertz CT molecular complexity index is 3440. The lowest BCUT2D eigenvalue weighted by molar-refractivity contribution is 1.27. The number of nitrogens with one attached hydrogen (secondary N) is 3. The zero-order valence-corrected chi connectivity index (χ0v) is 38.4. The highest BCUT2D eigenvalue weighted by atomic mass is 15.2. The van der Waals surface area contributed by atoms with Crippen LogP contribution in [0, 0.1) is 0 Å². The molecular formula is C66H48N4. The van der Waals surface area contributed by atoms with Crippen molar-refractivity contribution in [3.05, 3.63) is 273 Å². The van der Waals surface area contributed by atoms with Gasteiger partial charge in [0.25, 0.3) is 0 Å². The van der Waals surface area contributed by atoms with E-state index in [4.69, 9.17) is 0 Å². The molecule has 0 aromatic heterocycles. The Balaban J connectivity index is 1.02. The van der Waals surface area contributed by atoms with Gasteiger partial charge in [-0.2, -0.15) is 0 Å². The Hall–Kier alpha value is -9.38. The molecule has 0 aliphatic rings. The fourth-order valence-corrected chi connectivity index (χ4v) is 10.0. The minimum atomic E-state index is 0.951. The van der Waals surface area contributed by atoms with E-state index in [2.05, 4.69) is 294 Å². The van der Waals surface area contributed by atoms with E-state index in [1.165, 1.54) is 49.0 Å². The highest BCUT2D eigenvalue weighted by molar-refractivity contribution is 6.05. The first-order valence-electron chi connectivity index (χ1n) is 23.8. The zero-order valence-electron chi connectivity index (χ0n) is 38.4. The first kappa shape index (κ1) is 42.0. The van der Waals surface area contributed by atoms with Gasteiger partial charge in [-0.3, -0.25) is 0 Å². The molecule has 12 rings (SSSR count). The lowest BCUT2D eigenvalue weighted by atomic mass is 9.96. The van der Waals surface area contributed by atoms with Gasteiger partial charge in [0.2, 0.25) is 0 Å². The number of hydrogen-bond donors (Lipinski definition) is 3. The highest BCUT2D eigenvalue weighted by Gasteiger charge is 2.24. The number of anilines is 9. The summed E-state index contributed by atoms with van der Waals surface area (Å²) in [5.41, 5.74) is 15.7. The average molecular weight is 897 g/mol. The van der Waals surface area contributed by atoms with Gasteiger partial charge in [-0.15, -0.1) is 0 Å². The second kappa shape index (κ2) is 18.7.